The van der Waals surface area contributed by atoms with E-state index < -0.39 is 11.6 Å². The maximum Gasteiger partial charge on any atom is 0.405 e. The number of rotatable bonds is 6. The van der Waals surface area contributed by atoms with Crippen LogP contribution >= 0.6 is 0 Å². The summed E-state index contributed by atoms with van der Waals surface area (Å²) < 4.78 is 10.7. The summed E-state index contributed by atoms with van der Waals surface area (Å²) in [5, 5.41) is 12.0. The van der Waals surface area contributed by atoms with Gasteiger partial charge in [0.15, 0.2) is 13.1 Å². The Morgan fingerprint density at radius 3 is 2.68 bits per heavy atom. The quantitative estimate of drug-likeness (QED) is 0.588. The summed E-state index contributed by atoms with van der Waals surface area (Å²) in [6.07, 6.45) is 2.96. The number of hydrogen-bond acceptors (Lipinski definition) is 4. The third kappa shape index (κ3) is 2.85. The number of hydrogen-bond donors (Lipinski definition) is 2. The predicted octanol–water partition coefficient (Wildman–Crippen LogP) is 3.72. The molecule has 146 valence electrons. The predicted molar refractivity (Wildman–Crippen MR) is 103 cm³/mol. The topological polar surface area (TPSA) is 84.9 Å². The Kier molecular flexibility index (Phi) is 4.59. The second-order valence-electron chi connectivity index (χ2n) is 7.56. The molecule has 0 aliphatic heterocycles. The molecule has 0 bridgehead atoms. The summed E-state index contributed by atoms with van der Waals surface area (Å²) >= 11 is 0. The molecule has 2 aromatic rings. The number of carbonyl (C=O) groups is 2. The van der Waals surface area contributed by atoms with E-state index in [1.54, 1.807) is 7.11 Å². The highest BCUT2D eigenvalue weighted by atomic mass is 16.7. The van der Waals surface area contributed by atoms with E-state index in [0.29, 0.717) is 5.75 Å². The summed E-state index contributed by atoms with van der Waals surface area (Å²) in [5.41, 5.74) is 2.20. The normalized spacial score (nSPS) is 21.6. The molecule has 0 aromatic heterocycles. The fraction of sp³-hybridized carbons (Fsp3) is 0.364. The molecule has 0 unspecified atom stereocenters. The number of aldehydes is 1. The molecular formula is C22H23NO5. The van der Waals surface area contributed by atoms with Crippen LogP contribution in [0.4, 0.5) is 4.79 Å². The number of fused-ring (bicyclic) bond motifs is 1. The second-order valence-corrected chi connectivity index (χ2v) is 7.56. The Balaban J connectivity index is 1.78. The van der Waals surface area contributed by atoms with Gasteiger partial charge in [-0.3, -0.25) is 0 Å². The van der Waals surface area contributed by atoms with Crippen molar-refractivity contribution in [2.24, 2.45) is 5.41 Å². The largest absolute Gasteiger partial charge is 0.467 e. The van der Waals surface area contributed by atoms with E-state index in [1.807, 2.05) is 42.5 Å². The van der Waals surface area contributed by atoms with E-state index in [4.69, 9.17) is 9.47 Å². The maximum absolute atomic E-state index is 12.2. The monoisotopic (exact) mass is 381 g/mol. The van der Waals surface area contributed by atoms with Gasteiger partial charge in [0.1, 0.15) is 11.3 Å². The fourth-order valence-corrected chi connectivity index (χ4v) is 4.54. The van der Waals surface area contributed by atoms with Crippen LogP contribution in [0.2, 0.25) is 0 Å². The van der Waals surface area contributed by atoms with E-state index in [-0.39, 0.29) is 12.2 Å². The number of para-hydroxylation sites is 1. The van der Waals surface area contributed by atoms with Crippen molar-refractivity contribution in [3.05, 3.63) is 53.6 Å². The first-order chi connectivity index (χ1) is 13.5. The molecule has 6 nitrogen and oxygen atoms in total. The van der Waals surface area contributed by atoms with E-state index in [2.05, 4.69) is 5.32 Å². The lowest BCUT2D eigenvalue weighted by Crippen LogP contribution is -2.55. The zero-order chi connectivity index (χ0) is 19.8. The second kappa shape index (κ2) is 6.95. The summed E-state index contributed by atoms with van der Waals surface area (Å²) in [5.74, 6) is 0.712. The SMILES string of the molecule is COCOc1ccccc1-c1ccc2c(c1)CCC1(CC1)[C@]2(C=O)NC(=O)O. The minimum absolute atomic E-state index is 0.154. The molecule has 1 spiro atoms. The molecule has 0 radical (unpaired) electrons. The van der Waals surface area contributed by atoms with Gasteiger partial charge in [0.05, 0.1) is 0 Å². The van der Waals surface area contributed by atoms with Crippen LogP contribution in [-0.4, -0.2) is 31.4 Å². The molecule has 4 rings (SSSR count). The Morgan fingerprint density at radius 2 is 2.00 bits per heavy atom. The Bertz CT molecular complexity index is 921. The number of nitrogens with one attached hydrogen (secondary N) is 1. The molecule has 6 heteroatoms. The van der Waals surface area contributed by atoms with Crippen molar-refractivity contribution in [1.29, 1.82) is 0 Å². The van der Waals surface area contributed by atoms with Gasteiger partial charge < -0.3 is 24.7 Å². The fourth-order valence-electron chi connectivity index (χ4n) is 4.54. The number of methoxy groups -OCH3 is 1. The smallest absolute Gasteiger partial charge is 0.405 e. The van der Waals surface area contributed by atoms with Gasteiger partial charge in [-0.15, -0.1) is 0 Å². The molecule has 0 heterocycles. The molecule has 1 amide bonds. The number of aryl methyl sites for hydroxylation is 1. The zero-order valence-electron chi connectivity index (χ0n) is 15.7. The molecule has 1 fully saturated rings. The van der Waals surface area contributed by atoms with Gasteiger partial charge in [0.25, 0.3) is 0 Å². The van der Waals surface area contributed by atoms with Crippen LogP contribution in [-0.2, 0) is 21.5 Å². The highest BCUT2D eigenvalue weighted by Gasteiger charge is 2.63. The van der Waals surface area contributed by atoms with E-state index in [0.717, 1.165) is 54.2 Å². The van der Waals surface area contributed by atoms with Gasteiger partial charge in [0.2, 0.25) is 0 Å². The van der Waals surface area contributed by atoms with Crippen LogP contribution in [0.3, 0.4) is 0 Å². The van der Waals surface area contributed by atoms with Crippen molar-refractivity contribution >= 4 is 12.4 Å². The molecule has 2 aliphatic carbocycles. The third-order valence-corrected chi connectivity index (χ3v) is 6.10. The minimum atomic E-state index is -1.17. The Hall–Kier alpha value is -2.86. The molecule has 1 atom stereocenters. The van der Waals surface area contributed by atoms with Crippen molar-refractivity contribution in [3.8, 4) is 16.9 Å². The van der Waals surface area contributed by atoms with Crippen LogP contribution in [0.15, 0.2) is 42.5 Å². The highest BCUT2D eigenvalue weighted by molar-refractivity contribution is 5.81. The van der Waals surface area contributed by atoms with Gasteiger partial charge >= 0.3 is 6.09 Å². The van der Waals surface area contributed by atoms with Gasteiger partial charge in [0, 0.05) is 18.1 Å². The van der Waals surface area contributed by atoms with Crippen LogP contribution in [0, 0.1) is 5.41 Å². The average Bonchev–Trinajstić information content (AvgIpc) is 3.49. The lowest BCUT2D eigenvalue weighted by Gasteiger charge is -2.42. The molecule has 1 saturated carbocycles. The number of benzene rings is 2. The summed E-state index contributed by atoms with van der Waals surface area (Å²) in [4.78, 5) is 23.7. The molecule has 0 saturated heterocycles. The van der Waals surface area contributed by atoms with Gasteiger partial charge in [-0.25, -0.2) is 4.79 Å². The standard InChI is InChI=1S/C22H23NO5/c1-27-14-28-19-5-3-2-4-17(19)15-6-7-18-16(12-15)8-9-21(10-11-21)22(18,13-24)23-20(25)26/h2-7,12-13,23H,8-11,14H2,1H3,(H,25,26)/t22-/m1/s1. The van der Waals surface area contributed by atoms with Crippen LogP contribution < -0.4 is 10.1 Å². The maximum atomic E-state index is 12.2. The minimum Gasteiger partial charge on any atom is -0.467 e. The van der Waals surface area contributed by atoms with Gasteiger partial charge in [-0.2, -0.15) is 0 Å². The summed E-state index contributed by atoms with van der Waals surface area (Å²) in [6, 6.07) is 13.6. The molecule has 2 aromatic carbocycles. The first-order valence-corrected chi connectivity index (χ1v) is 9.37. The van der Waals surface area contributed by atoms with E-state index in [9.17, 15) is 14.7 Å². The first kappa shape index (κ1) is 18.5. The number of carboxylic acid groups (broad SMARTS) is 1. The molecule has 2 aliphatic rings. The van der Waals surface area contributed by atoms with Crippen molar-refractivity contribution in [3.63, 3.8) is 0 Å². The number of carbonyl (C=O) groups excluding carboxylic acids is 1. The third-order valence-electron chi connectivity index (χ3n) is 6.10. The Labute approximate surface area is 163 Å². The highest BCUT2D eigenvalue weighted by Crippen LogP contribution is 2.63. The summed E-state index contributed by atoms with van der Waals surface area (Å²) in [7, 11) is 1.57. The van der Waals surface area contributed by atoms with Gasteiger partial charge in [-0.05, 0) is 48.4 Å². The summed E-state index contributed by atoms with van der Waals surface area (Å²) in [6.45, 7) is 0.154. The Morgan fingerprint density at radius 1 is 1.21 bits per heavy atom. The van der Waals surface area contributed by atoms with Crippen molar-refractivity contribution in [2.45, 2.75) is 31.2 Å². The molecule has 2 N–H and O–H groups in total. The molecular weight excluding hydrogens is 358 g/mol. The van der Waals surface area contributed by atoms with E-state index >= 15 is 0 Å². The lowest BCUT2D eigenvalue weighted by molar-refractivity contribution is -0.116. The number of ether oxygens (including phenoxy) is 2. The van der Waals surface area contributed by atoms with Crippen molar-refractivity contribution in [1.82, 2.24) is 5.32 Å². The average molecular weight is 381 g/mol. The van der Waals surface area contributed by atoms with Crippen molar-refractivity contribution < 1.29 is 24.2 Å². The van der Waals surface area contributed by atoms with E-state index in [1.165, 1.54) is 0 Å². The van der Waals surface area contributed by atoms with Crippen LogP contribution in [0.25, 0.3) is 11.1 Å². The van der Waals surface area contributed by atoms with Crippen LogP contribution in [0.5, 0.6) is 5.75 Å². The van der Waals surface area contributed by atoms with Gasteiger partial charge in [-0.1, -0.05) is 36.4 Å². The molecule has 28 heavy (non-hydrogen) atoms. The lowest BCUT2D eigenvalue weighted by atomic mass is 9.67. The van der Waals surface area contributed by atoms with Crippen LogP contribution in [0.1, 0.15) is 30.4 Å². The van der Waals surface area contributed by atoms with Crippen molar-refractivity contribution in [2.75, 3.05) is 13.9 Å². The number of amides is 1. The first-order valence-electron chi connectivity index (χ1n) is 9.37. The zero-order valence-corrected chi connectivity index (χ0v) is 15.7.